The number of hydrogen-bond acceptors (Lipinski definition) is 4. The minimum absolute atomic E-state index is 0.0569. The molecule has 100 valence electrons. The number of aliphatic hydroxyl groups excluding tert-OH is 1. The topological polar surface area (TPSA) is 83.5 Å². The maximum absolute atomic E-state index is 11.8. The molecule has 1 rings (SSSR count). The van der Waals surface area contributed by atoms with E-state index in [9.17, 15) is 13.2 Å². The standard InChI is InChI=1S/C11H21NO4S/c1-8(2)5-10(6-13)12-11(14)9-3-4-17(15,16)7-9/h8-10,13H,3-7H2,1-2H3,(H,12,14). The Hall–Kier alpha value is -0.620. The molecule has 2 unspecified atom stereocenters. The van der Waals surface area contributed by atoms with Crippen LogP contribution in [0.3, 0.4) is 0 Å². The largest absolute Gasteiger partial charge is 0.394 e. The van der Waals surface area contributed by atoms with Crippen molar-refractivity contribution in [1.82, 2.24) is 5.32 Å². The third kappa shape index (κ3) is 4.63. The number of hydrogen-bond donors (Lipinski definition) is 2. The molecule has 1 heterocycles. The van der Waals surface area contributed by atoms with Crippen molar-refractivity contribution < 1.29 is 18.3 Å². The quantitative estimate of drug-likeness (QED) is 0.728. The van der Waals surface area contributed by atoms with E-state index in [1.54, 1.807) is 0 Å². The highest BCUT2D eigenvalue weighted by molar-refractivity contribution is 7.91. The van der Waals surface area contributed by atoms with E-state index in [1.807, 2.05) is 13.8 Å². The Morgan fingerprint density at radius 1 is 1.47 bits per heavy atom. The number of carbonyl (C=O) groups excluding carboxylic acids is 1. The molecule has 0 aromatic rings. The molecular weight excluding hydrogens is 242 g/mol. The van der Waals surface area contributed by atoms with E-state index in [1.165, 1.54) is 0 Å². The molecule has 2 atom stereocenters. The van der Waals surface area contributed by atoms with Crippen LogP contribution < -0.4 is 5.32 Å². The molecule has 6 heteroatoms. The molecule has 1 aliphatic rings. The average molecular weight is 263 g/mol. The monoisotopic (exact) mass is 263 g/mol. The average Bonchev–Trinajstić information content (AvgIpc) is 2.57. The van der Waals surface area contributed by atoms with Crippen LogP contribution >= 0.6 is 0 Å². The summed E-state index contributed by atoms with van der Waals surface area (Å²) >= 11 is 0. The molecule has 1 aliphatic heterocycles. The molecular formula is C11H21NO4S. The minimum Gasteiger partial charge on any atom is -0.394 e. The molecule has 17 heavy (non-hydrogen) atoms. The van der Waals surface area contributed by atoms with E-state index in [0.29, 0.717) is 18.8 Å². The normalized spacial score (nSPS) is 24.8. The van der Waals surface area contributed by atoms with Gasteiger partial charge in [0, 0.05) is 0 Å². The van der Waals surface area contributed by atoms with Crippen LogP contribution in [-0.2, 0) is 14.6 Å². The van der Waals surface area contributed by atoms with E-state index in [0.717, 1.165) is 0 Å². The van der Waals surface area contributed by atoms with Gasteiger partial charge in [-0.2, -0.15) is 0 Å². The maximum Gasteiger partial charge on any atom is 0.224 e. The van der Waals surface area contributed by atoms with Gasteiger partial charge in [0.2, 0.25) is 5.91 Å². The zero-order chi connectivity index (χ0) is 13.1. The zero-order valence-corrected chi connectivity index (χ0v) is 11.2. The molecule has 2 N–H and O–H groups in total. The third-order valence-corrected chi connectivity index (χ3v) is 4.69. The van der Waals surface area contributed by atoms with Crippen molar-refractivity contribution in [3.63, 3.8) is 0 Å². The highest BCUT2D eigenvalue weighted by Gasteiger charge is 2.33. The van der Waals surface area contributed by atoms with Crippen molar-refractivity contribution in [2.45, 2.75) is 32.7 Å². The molecule has 5 nitrogen and oxygen atoms in total. The number of amides is 1. The van der Waals surface area contributed by atoms with Crippen molar-refractivity contribution >= 4 is 15.7 Å². The van der Waals surface area contributed by atoms with Gasteiger partial charge in [0.15, 0.2) is 9.84 Å². The lowest BCUT2D eigenvalue weighted by atomic mass is 10.0. The highest BCUT2D eigenvalue weighted by atomic mass is 32.2. The number of carbonyl (C=O) groups is 1. The van der Waals surface area contributed by atoms with Crippen LogP contribution in [-0.4, -0.2) is 43.6 Å². The first kappa shape index (κ1) is 14.4. The van der Waals surface area contributed by atoms with Crippen molar-refractivity contribution in [3.05, 3.63) is 0 Å². The van der Waals surface area contributed by atoms with E-state index >= 15 is 0 Å². The maximum atomic E-state index is 11.8. The zero-order valence-electron chi connectivity index (χ0n) is 10.3. The SMILES string of the molecule is CC(C)CC(CO)NC(=O)C1CCS(=O)(=O)C1. The summed E-state index contributed by atoms with van der Waals surface area (Å²) < 4.78 is 22.5. The van der Waals surface area contributed by atoms with Crippen LogP contribution in [0.5, 0.6) is 0 Å². The van der Waals surface area contributed by atoms with Gasteiger partial charge in [-0.1, -0.05) is 13.8 Å². The molecule has 0 aromatic heterocycles. The van der Waals surface area contributed by atoms with Crippen LogP contribution in [0, 0.1) is 11.8 Å². The number of nitrogens with one attached hydrogen (secondary N) is 1. The first-order valence-electron chi connectivity index (χ1n) is 5.95. The lowest BCUT2D eigenvalue weighted by molar-refractivity contribution is -0.125. The molecule has 0 radical (unpaired) electrons. The highest BCUT2D eigenvalue weighted by Crippen LogP contribution is 2.19. The lowest BCUT2D eigenvalue weighted by Gasteiger charge is -2.20. The molecule has 1 fully saturated rings. The van der Waals surface area contributed by atoms with Gasteiger partial charge in [-0.25, -0.2) is 8.42 Å². The summed E-state index contributed by atoms with van der Waals surface area (Å²) in [6, 6.07) is -0.272. The smallest absolute Gasteiger partial charge is 0.224 e. The van der Waals surface area contributed by atoms with Gasteiger partial charge < -0.3 is 10.4 Å². The molecule has 0 bridgehead atoms. The molecule has 0 aromatic carbocycles. The van der Waals surface area contributed by atoms with E-state index < -0.39 is 15.8 Å². The first-order valence-corrected chi connectivity index (χ1v) is 7.78. The Kier molecular flexibility index (Phi) is 4.94. The molecule has 1 saturated heterocycles. The summed E-state index contributed by atoms with van der Waals surface area (Å²) in [6.07, 6.45) is 1.09. The molecule has 1 amide bonds. The van der Waals surface area contributed by atoms with Gasteiger partial charge in [0.1, 0.15) is 0 Å². The van der Waals surface area contributed by atoms with Gasteiger partial charge in [-0.15, -0.1) is 0 Å². The summed E-state index contributed by atoms with van der Waals surface area (Å²) in [7, 11) is -3.03. The summed E-state index contributed by atoms with van der Waals surface area (Å²) in [5, 5.41) is 11.9. The summed E-state index contributed by atoms with van der Waals surface area (Å²) in [6.45, 7) is 3.91. The Bertz CT molecular complexity index is 364. The van der Waals surface area contributed by atoms with Gasteiger partial charge >= 0.3 is 0 Å². The molecule has 0 spiro atoms. The Morgan fingerprint density at radius 2 is 2.12 bits per heavy atom. The van der Waals surface area contributed by atoms with E-state index in [2.05, 4.69) is 5.32 Å². The van der Waals surface area contributed by atoms with Gasteiger partial charge in [-0.3, -0.25) is 4.79 Å². The molecule has 0 aliphatic carbocycles. The summed E-state index contributed by atoms with van der Waals surface area (Å²) in [4.78, 5) is 11.8. The first-order chi connectivity index (χ1) is 7.84. The second kappa shape index (κ2) is 5.82. The van der Waals surface area contributed by atoms with Gasteiger partial charge in [-0.05, 0) is 18.8 Å². The number of rotatable bonds is 5. The van der Waals surface area contributed by atoms with Crippen LogP contribution in [0.15, 0.2) is 0 Å². The lowest BCUT2D eigenvalue weighted by Crippen LogP contribution is -2.42. The number of sulfone groups is 1. The van der Waals surface area contributed by atoms with Crippen molar-refractivity contribution in [1.29, 1.82) is 0 Å². The third-order valence-electron chi connectivity index (χ3n) is 2.93. The van der Waals surface area contributed by atoms with Gasteiger partial charge in [0.05, 0.1) is 30.1 Å². The number of aliphatic hydroxyl groups is 1. The van der Waals surface area contributed by atoms with Crippen LogP contribution in [0.2, 0.25) is 0 Å². The fourth-order valence-electron chi connectivity index (χ4n) is 2.07. The van der Waals surface area contributed by atoms with Crippen molar-refractivity contribution in [2.75, 3.05) is 18.1 Å². The predicted octanol–water partition coefficient (Wildman–Crippen LogP) is -0.0557. The predicted molar refractivity (Wildman–Crippen MR) is 65.2 cm³/mol. The van der Waals surface area contributed by atoms with Crippen LogP contribution in [0.25, 0.3) is 0 Å². The summed E-state index contributed by atoms with van der Waals surface area (Å²) in [5.74, 6) is -0.274. The minimum atomic E-state index is -3.03. The molecule has 0 saturated carbocycles. The second-order valence-corrected chi connectivity index (χ2v) is 7.35. The van der Waals surface area contributed by atoms with E-state index in [-0.39, 0.29) is 30.1 Å². The summed E-state index contributed by atoms with van der Waals surface area (Å²) in [5.41, 5.74) is 0. The Morgan fingerprint density at radius 3 is 2.53 bits per heavy atom. The fourth-order valence-corrected chi connectivity index (χ4v) is 3.81. The van der Waals surface area contributed by atoms with Crippen molar-refractivity contribution in [3.8, 4) is 0 Å². The van der Waals surface area contributed by atoms with E-state index in [4.69, 9.17) is 5.11 Å². The Labute approximate surface area is 103 Å². The van der Waals surface area contributed by atoms with Crippen LogP contribution in [0.1, 0.15) is 26.7 Å². The van der Waals surface area contributed by atoms with Crippen molar-refractivity contribution in [2.24, 2.45) is 11.8 Å². The van der Waals surface area contributed by atoms with Gasteiger partial charge in [0.25, 0.3) is 0 Å². The Balaban J connectivity index is 2.48. The fraction of sp³-hybridized carbons (Fsp3) is 0.909. The van der Waals surface area contributed by atoms with Crippen LogP contribution in [0.4, 0.5) is 0 Å². The second-order valence-electron chi connectivity index (χ2n) is 5.12.